The van der Waals surface area contributed by atoms with Crippen molar-refractivity contribution in [2.24, 2.45) is 0 Å². The number of rotatable bonds is 8. The zero-order chi connectivity index (χ0) is 26.3. The molecule has 0 fully saturated rings. The molecule has 1 aliphatic heterocycles. The first-order chi connectivity index (χ1) is 17.8. The van der Waals surface area contributed by atoms with Crippen LogP contribution in [-0.2, 0) is 4.79 Å². The van der Waals surface area contributed by atoms with E-state index in [1.54, 1.807) is 19.1 Å². The molecule has 7 nitrogen and oxygen atoms in total. The van der Waals surface area contributed by atoms with E-state index in [9.17, 15) is 14.7 Å². The molecule has 1 unspecified atom stereocenters. The number of amides is 1. The van der Waals surface area contributed by atoms with Crippen molar-refractivity contribution in [3.63, 3.8) is 0 Å². The third-order valence-corrected chi connectivity index (χ3v) is 7.38. The van der Waals surface area contributed by atoms with Crippen molar-refractivity contribution in [1.82, 2.24) is 4.98 Å². The number of anilines is 1. The van der Waals surface area contributed by atoms with Crippen LogP contribution in [0.3, 0.4) is 0 Å². The molecule has 3 heterocycles. The van der Waals surface area contributed by atoms with Gasteiger partial charge in [-0.15, -0.1) is 0 Å². The number of ketones is 1. The van der Waals surface area contributed by atoms with Gasteiger partial charge in [0.05, 0.1) is 28.4 Å². The van der Waals surface area contributed by atoms with Gasteiger partial charge >= 0.3 is 0 Å². The maximum atomic E-state index is 13.6. The van der Waals surface area contributed by atoms with E-state index in [4.69, 9.17) is 14.1 Å². The Labute approximate surface area is 219 Å². The highest BCUT2D eigenvalue weighted by Gasteiger charge is 2.46. The second-order valence-electron chi connectivity index (χ2n) is 9.28. The van der Waals surface area contributed by atoms with E-state index in [1.807, 2.05) is 50.2 Å². The van der Waals surface area contributed by atoms with Crippen LogP contribution in [0.1, 0.15) is 58.8 Å². The maximum absolute atomic E-state index is 13.6. The van der Waals surface area contributed by atoms with Crippen LogP contribution >= 0.6 is 11.3 Å². The SMILES string of the molecule is CCCCOc1cccc(C2C(C(=O)c3ccc(C)o3)=C(O)C(=O)N2c2nc3c(C)cc(C)cc3s2)c1. The molecule has 5 rings (SSSR count). The lowest BCUT2D eigenvalue weighted by atomic mass is 9.95. The minimum atomic E-state index is -0.901. The number of Topliss-reactive ketones (excluding diaryl/α,β-unsaturated/α-hetero) is 1. The second kappa shape index (κ2) is 9.86. The summed E-state index contributed by atoms with van der Waals surface area (Å²) in [7, 11) is 0. The zero-order valence-electron chi connectivity index (χ0n) is 21.2. The summed E-state index contributed by atoms with van der Waals surface area (Å²) in [6, 6.07) is 13.7. The Morgan fingerprint density at radius 1 is 1.16 bits per heavy atom. The van der Waals surface area contributed by atoms with Gasteiger partial charge in [0.2, 0.25) is 5.78 Å². The van der Waals surface area contributed by atoms with Gasteiger partial charge < -0.3 is 14.3 Å². The second-order valence-corrected chi connectivity index (χ2v) is 10.3. The van der Waals surface area contributed by atoms with Crippen LogP contribution in [0.5, 0.6) is 5.75 Å². The number of hydrogen-bond acceptors (Lipinski definition) is 7. The van der Waals surface area contributed by atoms with Gasteiger partial charge in [0, 0.05) is 0 Å². The molecular weight excluding hydrogens is 488 g/mol. The Morgan fingerprint density at radius 2 is 1.97 bits per heavy atom. The minimum absolute atomic E-state index is 0.0442. The van der Waals surface area contributed by atoms with Gasteiger partial charge in [-0.3, -0.25) is 14.5 Å². The molecule has 4 aromatic rings. The largest absolute Gasteiger partial charge is 0.503 e. The lowest BCUT2D eigenvalue weighted by Crippen LogP contribution is -2.31. The summed E-state index contributed by atoms with van der Waals surface area (Å²) >= 11 is 1.35. The number of benzene rings is 2. The molecule has 0 bridgehead atoms. The highest BCUT2D eigenvalue weighted by Crippen LogP contribution is 2.45. The lowest BCUT2D eigenvalue weighted by Gasteiger charge is -2.24. The Morgan fingerprint density at radius 3 is 2.70 bits per heavy atom. The topological polar surface area (TPSA) is 92.9 Å². The number of nitrogens with zero attached hydrogens (tertiary/aromatic N) is 2. The molecule has 0 aliphatic carbocycles. The summed E-state index contributed by atoms with van der Waals surface area (Å²) in [6.07, 6.45) is 1.91. The van der Waals surface area contributed by atoms with Crippen molar-refractivity contribution in [1.29, 1.82) is 0 Å². The van der Waals surface area contributed by atoms with Crippen LogP contribution in [0.2, 0.25) is 0 Å². The van der Waals surface area contributed by atoms with Crippen LogP contribution in [0.4, 0.5) is 5.13 Å². The highest BCUT2D eigenvalue weighted by atomic mass is 32.1. The van der Waals surface area contributed by atoms with Crippen LogP contribution in [-0.4, -0.2) is 28.4 Å². The summed E-state index contributed by atoms with van der Waals surface area (Å²) in [5.74, 6) is -0.580. The van der Waals surface area contributed by atoms with Gasteiger partial charge in [-0.25, -0.2) is 4.98 Å². The first-order valence-electron chi connectivity index (χ1n) is 12.3. The van der Waals surface area contributed by atoms with Crippen molar-refractivity contribution < 1.29 is 23.8 Å². The maximum Gasteiger partial charge on any atom is 0.296 e. The molecule has 190 valence electrons. The summed E-state index contributed by atoms with van der Waals surface area (Å²) in [5.41, 5.74) is 3.45. The molecule has 0 saturated carbocycles. The number of unbranched alkanes of at least 4 members (excludes halogenated alkanes) is 1. The van der Waals surface area contributed by atoms with Gasteiger partial charge in [-0.1, -0.05) is 42.9 Å². The van der Waals surface area contributed by atoms with Crippen molar-refractivity contribution in [2.75, 3.05) is 11.5 Å². The molecule has 1 amide bonds. The predicted molar refractivity (Wildman–Crippen MR) is 144 cm³/mol. The smallest absolute Gasteiger partial charge is 0.296 e. The van der Waals surface area contributed by atoms with Crippen LogP contribution < -0.4 is 9.64 Å². The van der Waals surface area contributed by atoms with E-state index in [1.165, 1.54) is 16.2 Å². The number of thiazole rings is 1. The number of aryl methyl sites for hydroxylation is 3. The number of carbonyl (C=O) groups is 2. The Kier molecular flexibility index (Phi) is 6.60. The number of carbonyl (C=O) groups excluding carboxylic acids is 2. The van der Waals surface area contributed by atoms with E-state index in [0.29, 0.717) is 28.8 Å². The summed E-state index contributed by atoms with van der Waals surface area (Å²) < 4.78 is 12.4. The molecule has 2 aromatic heterocycles. The normalized spacial score (nSPS) is 15.7. The van der Waals surface area contributed by atoms with Gasteiger partial charge in [0.1, 0.15) is 11.5 Å². The Hall–Kier alpha value is -3.91. The van der Waals surface area contributed by atoms with Crippen LogP contribution in [0.15, 0.2) is 64.3 Å². The van der Waals surface area contributed by atoms with Crippen LogP contribution in [0, 0.1) is 20.8 Å². The molecule has 37 heavy (non-hydrogen) atoms. The molecule has 1 aliphatic rings. The molecule has 0 spiro atoms. The van der Waals surface area contributed by atoms with E-state index in [0.717, 1.165) is 34.2 Å². The summed E-state index contributed by atoms with van der Waals surface area (Å²) in [6.45, 7) is 8.36. The standard InChI is InChI=1S/C29H28N2O5S/c1-5-6-12-35-20-9-7-8-19(15-20)25-23(26(32)21-11-10-18(4)36-21)27(33)28(34)31(25)29-30-24-17(3)13-16(2)14-22(24)37-29/h7-11,13-15,25,33H,5-6,12H2,1-4H3. The molecule has 0 radical (unpaired) electrons. The monoisotopic (exact) mass is 516 g/mol. The molecule has 2 aromatic carbocycles. The third-order valence-electron chi connectivity index (χ3n) is 6.38. The fourth-order valence-corrected chi connectivity index (χ4v) is 5.78. The molecule has 1 atom stereocenters. The van der Waals surface area contributed by atoms with E-state index in [-0.39, 0.29) is 11.3 Å². The molecular formula is C29H28N2O5S. The lowest BCUT2D eigenvalue weighted by molar-refractivity contribution is -0.117. The minimum Gasteiger partial charge on any atom is -0.503 e. The van der Waals surface area contributed by atoms with Gasteiger partial charge in [-0.05, 0) is 74.2 Å². The Balaban J connectivity index is 1.64. The molecule has 0 saturated heterocycles. The molecule has 8 heteroatoms. The fourth-order valence-electron chi connectivity index (χ4n) is 4.61. The zero-order valence-corrected chi connectivity index (χ0v) is 22.0. The summed E-state index contributed by atoms with van der Waals surface area (Å²) in [5, 5.41) is 11.5. The number of furan rings is 1. The number of ether oxygens (including phenoxy) is 1. The first-order valence-corrected chi connectivity index (χ1v) is 13.1. The van der Waals surface area contributed by atoms with E-state index >= 15 is 0 Å². The van der Waals surface area contributed by atoms with Gasteiger partial charge in [0.15, 0.2) is 16.7 Å². The van der Waals surface area contributed by atoms with Gasteiger partial charge in [0.25, 0.3) is 5.91 Å². The first kappa shape index (κ1) is 24.8. The predicted octanol–water partition coefficient (Wildman–Crippen LogP) is 6.78. The van der Waals surface area contributed by atoms with E-state index in [2.05, 4.69) is 6.92 Å². The number of aliphatic hydroxyl groups is 1. The average Bonchev–Trinajstić information content (AvgIpc) is 3.55. The third kappa shape index (κ3) is 4.53. The number of fused-ring (bicyclic) bond motifs is 1. The van der Waals surface area contributed by atoms with Gasteiger partial charge in [-0.2, -0.15) is 0 Å². The average molecular weight is 517 g/mol. The highest BCUT2D eigenvalue weighted by molar-refractivity contribution is 7.22. The fraction of sp³-hybridized carbons (Fsp3) is 0.276. The van der Waals surface area contributed by atoms with Crippen molar-refractivity contribution in [3.8, 4) is 5.75 Å². The summed E-state index contributed by atoms with van der Waals surface area (Å²) in [4.78, 5) is 33.3. The quantitative estimate of drug-likeness (QED) is 0.205. The van der Waals surface area contributed by atoms with Crippen LogP contribution in [0.25, 0.3) is 10.2 Å². The van der Waals surface area contributed by atoms with Crippen molar-refractivity contribution in [2.45, 2.75) is 46.6 Å². The van der Waals surface area contributed by atoms with Crippen molar-refractivity contribution >= 4 is 38.4 Å². The molecule has 1 N–H and O–H groups in total. The van der Waals surface area contributed by atoms with E-state index < -0.39 is 23.5 Å². The number of aliphatic hydroxyl groups excluding tert-OH is 1. The Bertz CT molecular complexity index is 1550. The van der Waals surface area contributed by atoms with Crippen molar-refractivity contribution in [3.05, 3.63) is 88.1 Å². The number of aromatic nitrogens is 1. The number of hydrogen-bond donors (Lipinski definition) is 1.